The van der Waals surface area contributed by atoms with Gasteiger partial charge in [0, 0.05) is 11.6 Å². The Labute approximate surface area is 127 Å². The average molecular weight is 303 g/mol. The fraction of sp³-hybridized carbons (Fsp3) is 0.600. The first-order valence-electron chi connectivity index (χ1n) is 6.63. The van der Waals surface area contributed by atoms with E-state index in [0.29, 0.717) is 16.1 Å². The van der Waals surface area contributed by atoms with Crippen molar-refractivity contribution in [3.63, 3.8) is 0 Å². The number of nitrogens with one attached hydrogen (secondary N) is 1. The van der Waals surface area contributed by atoms with Gasteiger partial charge in [-0.05, 0) is 58.6 Å². The third-order valence-corrected chi connectivity index (χ3v) is 5.00. The van der Waals surface area contributed by atoms with Crippen molar-refractivity contribution in [2.45, 2.75) is 38.3 Å². The molecule has 2 nitrogen and oxygen atoms in total. The van der Waals surface area contributed by atoms with Gasteiger partial charge >= 0.3 is 0 Å². The molecule has 2 unspecified atom stereocenters. The van der Waals surface area contributed by atoms with Crippen LogP contribution in [0.4, 0.5) is 0 Å². The molecule has 1 aromatic rings. The molecule has 19 heavy (non-hydrogen) atoms. The van der Waals surface area contributed by atoms with Crippen molar-refractivity contribution in [1.29, 1.82) is 0 Å². The Morgan fingerprint density at radius 2 is 1.89 bits per heavy atom. The molecule has 0 spiro atoms. The molecule has 2 atom stereocenters. The van der Waals surface area contributed by atoms with Crippen LogP contribution in [0.2, 0.25) is 10.0 Å². The van der Waals surface area contributed by atoms with Gasteiger partial charge in [0.05, 0.1) is 10.0 Å². The number of nitrogens with zero attached hydrogens (tertiary/aromatic N) is 1. The quantitative estimate of drug-likeness (QED) is 0.858. The third kappa shape index (κ3) is 3.85. The van der Waals surface area contributed by atoms with Crippen LogP contribution in [-0.4, -0.2) is 37.6 Å². The summed E-state index contributed by atoms with van der Waals surface area (Å²) in [6.45, 7) is 4.50. The van der Waals surface area contributed by atoms with Crippen LogP contribution in [0, 0.1) is 0 Å². The van der Waals surface area contributed by atoms with Crippen molar-refractivity contribution < 1.29 is 0 Å². The number of rotatable bonds is 6. The van der Waals surface area contributed by atoms with Crippen molar-refractivity contribution in [3.05, 3.63) is 33.8 Å². The molecule has 4 heteroatoms. The summed E-state index contributed by atoms with van der Waals surface area (Å²) < 4.78 is 0. The van der Waals surface area contributed by atoms with Gasteiger partial charge in [0.1, 0.15) is 0 Å². The van der Waals surface area contributed by atoms with E-state index in [1.807, 2.05) is 25.2 Å². The fourth-order valence-electron chi connectivity index (χ4n) is 2.41. The van der Waals surface area contributed by atoms with E-state index in [1.165, 1.54) is 5.56 Å². The second-order valence-corrected chi connectivity index (χ2v) is 6.21. The minimum atomic E-state index is 0.0981. The third-order valence-electron chi connectivity index (χ3n) is 4.26. The lowest BCUT2D eigenvalue weighted by atomic mass is 9.84. The highest BCUT2D eigenvalue weighted by Gasteiger charge is 2.33. The van der Waals surface area contributed by atoms with Gasteiger partial charge in [0.25, 0.3) is 0 Å². The Bertz CT molecular complexity index is 421. The maximum absolute atomic E-state index is 6.09. The molecule has 0 aliphatic heterocycles. The number of hydrogen-bond donors (Lipinski definition) is 1. The first-order chi connectivity index (χ1) is 8.85. The number of likely N-dealkylation sites (N-methyl/N-ethyl adjacent to an activating group) is 2. The van der Waals surface area contributed by atoms with Crippen molar-refractivity contribution in [2.75, 3.05) is 21.1 Å². The van der Waals surface area contributed by atoms with Crippen molar-refractivity contribution >= 4 is 23.2 Å². The predicted octanol–water partition coefficient (Wildman–Crippen LogP) is 3.85. The molecular weight excluding hydrogens is 279 g/mol. The largest absolute Gasteiger partial charge is 0.315 e. The molecule has 0 amide bonds. The summed E-state index contributed by atoms with van der Waals surface area (Å²) in [7, 11) is 6.27. The molecule has 1 aromatic carbocycles. The molecule has 0 aliphatic rings. The SMILES string of the molecule is CCC(C)(C(Cc1ccc(Cl)c(Cl)c1)NC)N(C)C. The highest BCUT2D eigenvalue weighted by Crippen LogP contribution is 2.27. The van der Waals surface area contributed by atoms with Gasteiger partial charge in [-0.1, -0.05) is 36.2 Å². The van der Waals surface area contributed by atoms with Gasteiger partial charge in [-0.15, -0.1) is 0 Å². The van der Waals surface area contributed by atoms with E-state index >= 15 is 0 Å². The zero-order valence-electron chi connectivity index (χ0n) is 12.4. The highest BCUT2D eigenvalue weighted by molar-refractivity contribution is 6.42. The van der Waals surface area contributed by atoms with Crippen LogP contribution in [0.5, 0.6) is 0 Å². The lowest BCUT2D eigenvalue weighted by molar-refractivity contribution is 0.116. The number of hydrogen-bond acceptors (Lipinski definition) is 2. The predicted molar refractivity (Wildman–Crippen MR) is 85.4 cm³/mol. The number of halogens is 2. The summed E-state index contributed by atoms with van der Waals surface area (Å²) >= 11 is 12.1. The van der Waals surface area contributed by atoms with Crippen LogP contribution >= 0.6 is 23.2 Å². The molecule has 1 rings (SSSR count). The molecular formula is C15H24Cl2N2. The molecule has 0 heterocycles. The van der Waals surface area contributed by atoms with Gasteiger partial charge in [-0.3, -0.25) is 0 Å². The van der Waals surface area contributed by atoms with E-state index in [2.05, 4.69) is 38.2 Å². The maximum Gasteiger partial charge on any atom is 0.0595 e. The second-order valence-electron chi connectivity index (χ2n) is 5.40. The fourth-order valence-corrected chi connectivity index (χ4v) is 2.73. The average Bonchev–Trinajstić information content (AvgIpc) is 2.38. The van der Waals surface area contributed by atoms with Gasteiger partial charge in [-0.2, -0.15) is 0 Å². The molecule has 0 bridgehead atoms. The normalized spacial score (nSPS) is 16.4. The molecule has 0 saturated carbocycles. The Kier molecular flexibility index (Phi) is 6.13. The van der Waals surface area contributed by atoms with E-state index in [4.69, 9.17) is 23.2 Å². The van der Waals surface area contributed by atoms with Gasteiger partial charge in [0.2, 0.25) is 0 Å². The Morgan fingerprint density at radius 3 is 2.32 bits per heavy atom. The molecule has 0 radical (unpaired) electrons. The van der Waals surface area contributed by atoms with E-state index < -0.39 is 0 Å². The number of benzene rings is 1. The monoisotopic (exact) mass is 302 g/mol. The summed E-state index contributed by atoms with van der Waals surface area (Å²) in [6.07, 6.45) is 2.00. The van der Waals surface area contributed by atoms with Crippen LogP contribution in [-0.2, 0) is 6.42 Å². The maximum atomic E-state index is 6.09. The highest BCUT2D eigenvalue weighted by atomic mass is 35.5. The molecule has 0 aromatic heterocycles. The van der Waals surface area contributed by atoms with Crippen LogP contribution in [0.15, 0.2) is 18.2 Å². The zero-order chi connectivity index (χ0) is 14.6. The Morgan fingerprint density at radius 1 is 1.26 bits per heavy atom. The molecule has 0 fully saturated rings. The van der Waals surface area contributed by atoms with E-state index in [9.17, 15) is 0 Å². The summed E-state index contributed by atoms with van der Waals surface area (Å²) in [6, 6.07) is 6.22. The van der Waals surface area contributed by atoms with Crippen LogP contribution in [0.3, 0.4) is 0 Å². The van der Waals surface area contributed by atoms with Gasteiger partial charge < -0.3 is 10.2 Å². The zero-order valence-corrected chi connectivity index (χ0v) is 13.9. The van der Waals surface area contributed by atoms with E-state index in [1.54, 1.807) is 0 Å². The van der Waals surface area contributed by atoms with Crippen molar-refractivity contribution in [3.8, 4) is 0 Å². The minimum absolute atomic E-state index is 0.0981. The van der Waals surface area contributed by atoms with Crippen LogP contribution in [0.25, 0.3) is 0 Å². The van der Waals surface area contributed by atoms with Crippen LogP contribution in [0.1, 0.15) is 25.8 Å². The molecule has 108 valence electrons. The summed E-state index contributed by atoms with van der Waals surface area (Å²) in [5.41, 5.74) is 1.30. The van der Waals surface area contributed by atoms with Gasteiger partial charge in [-0.25, -0.2) is 0 Å². The topological polar surface area (TPSA) is 15.3 Å². The Hall–Kier alpha value is -0.280. The molecule has 0 saturated heterocycles. The van der Waals surface area contributed by atoms with Crippen LogP contribution < -0.4 is 5.32 Å². The lowest BCUT2D eigenvalue weighted by Crippen LogP contribution is -2.56. The van der Waals surface area contributed by atoms with Crippen molar-refractivity contribution in [1.82, 2.24) is 10.2 Å². The van der Waals surface area contributed by atoms with E-state index in [-0.39, 0.29) is 5.54 Å². The van der Waals surface area contributed by atoms with E-state index in [0.717, 1.165) is 12.8 Å². The smallest absolute Gasteiger partial charge is 0.0595 e. The molecule has 0 aliphatic carbocycles. The molecule has 1 N–H and O–H groups in total. The second kappa shape index (κ2) is 6.94. The minimum Gasteiger partial charge on any atom is -0.315 e. The van der Waals surface area contributed by atoms with Crippen molar-refractivity contribution in [2.24, 2.45) is 0 Å². The standard InChI is InChI=1S/C15H24Cl2N2/c1-6-15(2,19(4)5)14(18-3)10-11-7-8-12(16)13(17)9-11/h7-9,14,18H,6,10H2,1-5H3. The first-order valence-corrected chi connectivity index (χ1v) is 7.39. The van der Waals surface area contributed by atoms with Gasteiger partial charge in [0.15, 0.2) is 0 Å². The summed E-state index contributed by atoms with van der Waals surface area (Å²) in [5, 5.41) is 4.67. The first kappa shape index (κ1) is 16.8. The summed E-state index contributed by atoms with van der Waals surface area (Å²) in [5.74, 6) is 0. The lowest BCUT2D eigenvalue weighted by Gasteiger charge is -2.42. The summed E-state index contributed by atoms with van der Waals surface area (Å²) in [4.78, 5) is 2.28. The Balaban J connectivity index is 2.95.